The predicted molar refractivity (Wildman–Crippen MR) is 31.3 cm³/mol. The van der Waals surface area contributed by atoms with Crippen LogP contribution < -0.4 is 11.4 Å². The van der Waals surface area contributed by atoms with Gasteiger partial charge in [-0.3, -0.25) is 4.79 Å². The van der Waals surface area contributed by atoms with Crippen molar-refractivity contribution in [3.8, 4) is 0 Å². The lowest BCUT2D eigenvalue weighted by Gasteiger charge is -1.94. The Morgan fingerprint density at radius 3 is 3.20 bits per heavy atom. The molecule has 0 aliphatic heterocycles. The molecule has 1 heterocycles. The van der Waals surface area contributed by atoms with Crippen molar-refractivity contribution >= 4 is 5.91 Å². The summed E-state index contributed by atoms with van der Waals surface area (Å²) >= 11 is 0. The van der Waals surface area contributed by atoms with Crippen molar-refractivity contribution in [1.82, 2.24) is 15.4 Å². The van der Waals surface area contributed by atoms with Gasteiger partial charge in [-0.1, -0.05) is 0 Å². The van der Waals surface area contributed by atoms with Gasteiger partial charge in [0, 0.05) is 12.4 Å². The molecule has 1 aromatic rings. The van der Waals surface area contributed by atoms with Crippen LogP contribution in [0.2, 0.25) is 0 Å². The third-order valence-electron chi connectivity index (χ3n) is 0.865. The molecule has 0 spiro atoms. The number of hydroxylamine groups is 1. The van der Waals surface area contributed by atoms with E-state index in [4.69, 9.17) is 0 Å². The summed E-state index contributed by atoms with van der Waals surface area (Å²) in [6, 6.07) is 0. The molecule has 0 saturated heterocycles. The minimum Gasteiger partial charge on any atom is -0.340 e. The van der Waals surface area contributed by atoms with Crippen LogP contribution in [0.4, 0.5) is 0 Å². The van der Waals surface area contributed by atoms with Crippen LogP contribution >= 0.6 is 0 Å². The standard InChI is InChI=1S/C4H6N4O2/c5-10-8-4(9)3-6-1-2-7-3/h1-2H,5H2,(H,6,7)(H,8,9). The van der Waals surface area contributed by atoms with E-state index in [2.05, 4.69) is 20.8 Å². The predicted octanol–water partition coefficient (Wildman–Crippen LogP) is -1.06. The largest absolute Gasteiger partial charge is 0.340 e. The number of carbonyl (C=O) groups is 1. The van der Waals surface area contributed by atoms with Gasteiger partial charge in [0.25, 0.3) is 0 Å². The summed E-state index contributed by atoms with van der Waals surface area (Å²) in [6.07, 6.45) is 2.97. The molecule has 0 atom stereocenters. The van der Waals surface area contributed by atoms with Crippen LogP contribution in [0.1, 0.15) is 10.6 Å². The molecule has 6 heteroatoms. The van der Waals surface area contributed by atoms with Crippen molar-refractivity contribution in [2.75, 3.05) is 0 Å². The summed E-state index contributed by atoms with van der Waals surface area (Å²) in [4.78, 5) is 20.8. The van der Waals surface area contributed by atoms with Gasteiger partial charge in [0.05, 0.1) is 0 Å². The first-order chi connectivity index (χ1) is 4.84. The molecule has 0 aliphatic carbocycles. The van der Waals surface area contributed by atoms with Gasteiger partial charge in [0.1, 0.15) is 0 Å². The van der Waals surface area contributed by atoms with Gasteiger partial charge < -0.3 is 4.98 Å². The zero-order chi connectivity index (χ0) is 7.40. The van der Waals surface area contributed by atoms with Crippen LogP contribution in [0.5, 0.6) is 0 Å². The molecular weight excluding hydrogens is 136 g/mol. The van der Waals surface area contributed by atoms with Crippen molar-refractivity contribution in [2.45, 2.75) is 0 Å². The molecule has 0 radical (unpaired) electrons. The van der Waals surface area contributed by atoms with E-state index in [0.717, 1.165) is 0 Å². The van der Waals surface area contributed by atoms with Crippen LogP contribution in [0.3, 0.4) is 0 Å². The summed E-state index contributed by atoms with van der Waals surface area (Å²) in [5.74, 6) is 4.21. The van der Waals surface area contributed by atoms with Gasteiger partial charge in [-0.05, 0) is 0 Å². The fourth-order valence-electron chi connectivity index (χ4n) is 0.491. The molecule has 4 N–H and O–H groups in total. The first-order valence-corrected chi connectivity index (χ1v) is 2.50. The quantitative estimate of drug-likeness (QED) is 0.459. The first-order valence-electron chi connectivity index (χ1n) is 2.50. The molecule has 0 saturated carbocycles. The van der Waals surface area contributed by atoms with E-state index in [1.807, 2.05) is 5.48 Å². The van der Waals surface area contributed by atoms with Crippen molar-refractivity contribution in [3.63, 3.8) is 0 Å². The molecular formula is C4H6N4O2. The lowest BCUT2D eigenvalue weighted by atomic mass is 10.6. The van der Waals surface area contributed by atoms with E-state index in [9.17, 15) is 4.79 Å². The zero-order valence-corrected chi connectivity index (χ0v) is 5.00. The Labute approximate surface area is 56.3 Å². The number of rotatable bonds is 2. The van der Waals surface area contributed by atoms with Gasteiger partial charge in [-0.25, -0.2) is 10.5 Å². The number of hydrogen-bond donors (Lipinski definition) is 3. The average molecular weight is 142 g/mol. The Morgan fingerprint density at radius 2 is 2.70 bits per heavy atom. The van der Waals surface area contributed by atoms with Gasteiger partial charge >= 0.3 is 5.91 Å². The van der Waals surface area contributed by atoms with E-state index in [1.165, 1.54) is 12.4 Å². The van der Waals surface area contributed by atoms with Crippen molar-refractivity contribution < 1.29 is 9.73 Å². The second kappa shape index (κ2) is 2.95. The molecule has 1 amide bonds. The number of H-pyrrole nitrogens is 1. The Morgan fingerprint density at radius 1 is 1.90 bits per heavy atom. The van der Waals surface area contributed by atoms with Crippen LogP contribution in [0.15, 0.2) is 12.4 Å². The Bertz CT molecular complexity index is 207. The maximum absolute atomic E-state index is 10.7. The van der Waals surface area contributed by atoms with Gasteiger partial charge in [0.2, 0.25) is 0 Å². The highest BCUT2D eigenvalue weighted by molar-refractivity contribution is 5.89. The molecule has 0 unspecified atom stereocenters. The highest BCUT2D eigenvalue weighted by Crippen LogP contribution is 1.85. The minimum absolute atomic E-state index is 0.158. The van der Waals surface area contributed by atoms with Crippen LogP contribution in [-0.4, -0.2) is 15.9 Å². The fourth-order valence-corrected chi connectivity index (χ4v) is 0.491. The molecule has 10 heavy (non-hydrogen) atoms. The lowest BCUT2D eigenvalue weighted by molar-refractivity contribution is 0.0302. The van der Waals surface area contributed by atoms with Crippen molar-refractivity contribution in [2.24, 2.45) is 5.90 Å². The zero-order valence-electron chi connectivity index (χ0n) is 5.00. The smallest absolute Gasteiger partial charge is 0.312 e. The summed E-state index contributed by atoms with van der Waals surface area (Å²) in [5.41, 5.74) is 1.89. The molecule has 1 aromatic heterocycles. The maximum Gasteiger partial charge on any atom is 0.312 e. The molecule has 0 bridgehead atoms. The first kappa shape index (κ1) is 6.72. The van der Waals surface area contributed by atoms with E-state index in [0.29, 0.717) is 0 Å². The lowest BCUT2D eigenvalue weighted by Crippen LogP contribution is -2.27. The summed E-state index contributed by atoms with van der Waals surface area (Å²) < 4.78 is 0. The molecule has 54 valence electrons. The Hall–Kier alpha value is -1.40. The molecule has 0 aromatic carbocycles. The average Bonchev–Trinajstić information content (AvgIpc) is 2.38. The van der Waals surface area contributed by atoms with Gasteiger partial charge in [-0.15, -0.1) is 0 Å². The van der Waals surface area contributed by atoms with Gasteiger partial charge in [-0.2, -0.15) is 10.8 Å². The number of aromatic nitrogens is 2. The number of nitrogens with two attached hydrogens (primary N) is 1. The van der Waals surface area contributed by atoms with Crippen LogP contribution in [0.25, 0.3) is 0 Å². The second-order valence-corrected chi connectivity index (χ2v) is 1.49. The Balaban J connectivity index is 2.59. The number of hydrogen-bond acceptors (Lipinski definition) is 4. The third-order valence-corrected chi connectivity index (χ3v) is 0.865. The van der Waals surface area contributed by atoms with Crippen LogP contribution in [-0.2, 0) is 4.94 Å². The number of carbonyl (C=O) groups excluding carboxylic acids is 1. The highest BCUT2D eigenvalue weighted by Gasteiger charge is 2.05. The highest BCUT2D eigenvalue weighted by atomic mass is 16.8. The third kappa shape index (κ3) is 1.30. The molecule has 1 rings (SSSR count). The topological polar surface area (TPSA) is 93.0 Å². The van der Waals surface area contributed by atoms with Crippen molar-refractivity contribution in [1.29, 1.82) is 0 Å². The number of nitrogens with one attached hydrogen (secondary N) is 2. The van der Waals surface area contributed by atoms with E-state index >= 15 is 0 Å². The Kier molecular flexibility index (Phi) is 1.98. The fraction of sp³-hybridized carbons (Fsp3) is 0. The normalized spacial score (nSPS) is 9.30. The number of nitrogens with zero attached hydrogens (tertiary/aromatic N) is 1. The summed E-state index contributed by atoms with van der Waals surface area (Å²) in [5, 5.41) is 0. The molecule has 6 nitrogen and oxygen atoms in total. The maximum atomic E-state index is 10.7. The number of imidazole rings is 1. The van der Waals surface area contributed by atoms with Gasteiger partial charge in [0.15, 0.2) is 5.82 Å². The summed E-state index contributed by atoms with van der Waals surface area (Å²) in [6.45, 7) is 0. The van der Waals surface area contributed by atoms with E-state index in [-0.39, 0.29) is 5.82 Å². The van der Waals surface area contributed by atoms with E-state index < -0.39 is 5.91 Å². The molecule has 0 aliphatic rings. The summed E-state index contributed by atoms with van der Waals surface area (Å²) in [7, 11) is 0. The number of aromatic amines is 1. The number of amides is 1. The monoisotopic (exact) mass is 142 g/mol. The SMILES string of the molecule is NONC(=O)c1ncc[nH]1. The van der Waals surface area contributed by atoms with Crippen molar-refractivity contribution in [3.05, 3.63) is 18.2 Å². The second-order valence-electron chi connectivity index (χ2n) is 1.49. The minimum atomic E-state index is -0.507. The van der Waals surface area contributed by atoms with Crippen LogP contribution in [0, 0.1) is 0 Å². The van der Waals surface area contributed by atoms with E-state index in [1.54, 1.807) is 0 Å². The molecule has 0 fully saturated rings.